The van der Waals surface area contributed by atoms with Crippen molar-refractivity contribution in [2.24, 2.45) is 0 Å². The van der Waals surface area contributed by atoms with Crippen LogP contribution in [-0.2, 0) is 14.8 Å². The quantitative estimate of drug-likeness (QED) is 0.792. The predicted octanol–water partition coefficient (Wildman–Crippen LogP) is 3.40. The Hall–Kier alpha value is -2.38. The second kappa shape index (κ2) is 8.10. The molecule has 146 valence electrons. The Morgan fingerprint density at radius 1 is 1.07 bits per heavy atom. The fraction of sp³-hybridized carbons (Fsp3) is 0.350. The van der Waals surface area contributed by atoms with E-state index in [0.717, 1.165) is 11.1 Å². The van der Waals surface area contributed by atoms with Crippen LogP contribution in [0.5, 0.6) is 5.75 Å². The van der Waals surface area contributed by atoms with Crippen LogP contribution in [-0.4, -0.2) is 26.5 Å². The normalized spacial score (nSPS) is 11.9. The molecule has 6 nitrogen and oxygen atoms in total. The van der Waals surface area contributed by atoms with Crippen molar-refractivity contribution in [2.45, 2.75) is 45.1 Å². The van der Waals surface area contributed by atoms with Crippen LogP contribution in [0.3, 0.4) is 0 Å². The Morgan fingerprint density at radius 3 is 2.41 bits per heavy atom. The number of hydrogen-bond donors (Lipinski definition) is 2. The lowest BCUT2D eigenvalue weighted by atomic mass is 10.1. The summed E-state index contributed by atoms with van der Waals surface area (Å²) >= 11 is 0. The lowest BCUT2D eigenvalue weighted by Crippen LogP contribution is -2.40. The summed E-state index contributed by atoms with van der Waals surface area (Å²) in [6.07, 6.45) is 0. The van der Waals surface area contributed by atoms with Crippen molar-refractivity contribution < 1.29 is 17.9 Å². The molecular weight excluding hydrogens is 364 g/mol. The zero-order valence-electron chi connectivity index (χ0n) is 16.3. The van der Waals surface area contributed by atoms with Crippen molar-refractivity contribution >= 4 is 21.6 Å². The second-order valence-electron chi connectivity index (χ2n) is 7.49. The molecule has 0 heterocycles. The van der Waals surface area contributed by atoms with Gasteiger partial charge in [0.25, 0.3) is 5.91 Å². The van der Waals surface area contributed by atoms with Gasteiger partial charge in [0.05, 0.1) is 4.90 Å². The van der Waals surface area contributed by atoms with Crippen LogP contribution in [0, 0.1) is 13.8 Å². The Balaban J connectivity index is 2.04. The number of amides is 1. The molecule has 0 aromatic heterocycles. The smallest absolute Gasteiger partial charge is 0.262 e. The number of aryl methyl sites for hydroxylation is 2. The highest BCUT2D eigenvalue weighted by atomic mass is 32.2. The van der Waals surface area contributed by atoms with Gasteiger partial charge in [-0.1, -0.05) is 23.8 Å². The second-order valence-corrected chi connectivity index (χ2v) is 9.17. The molecule has 0 spiro atoms. The van der Waals surface area contributed by atoms with Crippen molar-refractivity contribution in [3.8, 4) is 5.75 Å². The molecule has 0 fully saturated rings. The first kappa shape index (κ1) is 20.9. The fourth-order valence-corrected chi connectivity index (χ4v) is 3.97. The SMILES string of the molecule is Cc1ccc(OCC(=O)Nc2cccc(S(=O)(=O)NC(C)(C)C)c2)c(C)c1. The summed E-state index contributed by atoms with van der Waals surface area (Å²) in [5.41, 5.74) is 1.86. The van der Waals surface area contributed by atoms with Crippen molar-refractivity contribution in [3.63, 3.8) is 0 Å². The maximum absolute atomic E-state index is 12.4. The summed E-state index contributed by atoms with van der Waals surface area (Å²) in [4.78, 5) is 12.2. The van der Waals surface area contributed by atoms with E-state index in [4.69, 9.17) is 4.74 Å². The van der Waals surface area contributed by atoms with Crippen molar-refractivity contribution in [1.82, 2.24) is 4.72 Å². The molecule has 2 rings (SSSR count). The molecule has 2 aromatic carbocycles. The molecule has 1 amide bonds. The van der Waals surface area contributed by atoms with E-state index in [1.807, 2.05) is 32.0 Å². The summed E-state index contributed by atoms with van der Waals surface area (Å²) in [5.74, 6) is 0.273. The van der Waals surface area contributed by atoms with Gasteiger partial charge in [0, 0.05) is 11.2 Å². The van der Waals surface area contributed by atoms with Crippen molar-refractivity contribution in [1.29, 1.82) is 0 Å². The highest BCUT2D eigenvalue weighted by Crippen LogP contribution is 2.20. The summed E-state index contributed by atoms with van der Waals surface area (Å²) in [6, 6.07) is 11.8. The van der Waals surface area contributed by atoms with Crippen LogP contribution in [0.15, 0.2) is 47.4 Å². The number of sulfonamides is 1. The molecule has 0 radical (unpaired) electrons. The molecule has 0 aliphatic rings. The lowest BCUT2D eigenvalue weighted by molar-refractivity contribution is -0.118. The van der Waals surface area contributed by atoms with E-state index in [2.05, 4.69) is 10.0 Å². The zero-order chi connectivity index (χ0) is 20.2. The first-order valence-corrected chi connectivity index (χ1v) is 10.1. The Kier molecular flexibility index (Phi) is 6.28. The number of hydrogen-bond acceptors (Lipinski definition) is 4. The lowest BCUT2D eigenvalue weighted by Gasteiger charge is -2.20. The van der Waals surface area contributed by atoms with Crippen LogP contribution in [0.2, 0.25) is 0 Å². The molecule has 2 N–H and O–H groups in total. The average molecular weight is 391 g/mol. The molecule has 0 aliphatic heterocycles. The zero-order valence-corrected chi connectivity index (χ0v) is 17.1. The summed E-state index contributed by atoms with van der Waals surface area (Å²) in [6.45, 7) is 9.03. The Labute approximate surface area is 161 Å². The van der Waals surface area contributed by atoms with Gasteiger partial charge in [-0.25, -0.2) is 13.1 Å². The molecule has 0 atom stereocenters. The minimum absolute atomic E-state index is 0.0884. The van der Waals surface area contributed by atoms with Crippen LogP contribution in [0.25, 0.3) is 0 Å². The topological polar surface area (TPSA) is 84.5 Å². The molecule has 2 aromatic rings. The predicted molar refractivity (Wildman–Crippen MR) is 107 cm³/mol. The van der Waals surface area contributed by atoms with Crippen molar-refractivity contribution in [2.75, 3.05) is 11.9 Å². The number of nitrogens with one attached hydrogen (secondary N) is 2. The number of anilines is 1. The molecule has 27 heavy (non-hydrogen) atoms. The van der Waals surface area contributed by atoms with Gasteiger partial charge in [-0.3, -0.25) is 4.79 Å². The molecule has 0 saturated heterocycles. The van der Waals surface area contributed by atoms with Crippen molar-refractivity contribution in [3.05, 3.63) is 53.6 Å². The maximum atomic E-state index is 12.4. The third kappa shape index (κ3) is 6.37. The minimum atomic E-state index is -3.67. The fourth-order valence-electron chi connectivity index (χ4n) is 2.50. The molecular formula is C20H26N2O4S. The average Bonchev–Trinajstić information content (AvgIpc) is 2.52. The van der Waals surface area contributed by atoms with E-state index in [1.165, 1.54) is 12.1 Å². The standard InChI is InChI=1S/C20H26N2O4S/c1-14-9-10-18(15(2)11-14)26-13-19(23)21-16-7-6-8-17(12-16)27(24,25)22-20(3,4)5/h6-12,22H,13H2,1-5H3,(H,21,23). The van der Waals surface area contributed by atoms with E-state index in [9.17, 15) is 13.2 Å². The molecule has 0 saturated carbocycles. The minimum Gasteiger partial charge on any atom is -0.483 e. The first-order valence-electron chi connectivity index (χ1n) is 8.60. The Morgan fingerprint density at radius 2 is 1.78 bits per heavy atom. The van der Waals surface area contributed by atoms with Crippen LogP contribution < -0.4 is 14.8 Å². The van der Waals surface area contributed by atoms with Gasteiger partial charge in [0.1, 0.15) is 5.75 Å². The molecule has 0 bridgehead atoms. The molecule has 0 aliphatic carbocycles. The van der Waals surface area contributed by atoms with Gasteiger partial charge in [-0.05, 0) is 64.4 Å². The van der Waals surface area contributed by atoms with Gasteiger partial charge in [-0.2, -0.15) is 0 Å². The van der Waals surface area contributed by atoms with Gasteiger partial charge < -0.3 is 10.1 Å². The first-order chi connectivity index (χ1) is 12.5. The largest absolute Gasteiger partial charge is 0.483 e. The van der Waals surface area contributed by atoms with Gasteiger partial charge >= 0.3 is 0 Å². The third-order valence-electron chi connectivity index (χ3n) is 3.56. The van der Waals surface area contributed by atoms with Gasteiger partial charge in [-0.15, -0.1) is 0 Å². The summed E-state index contributed by atoms with van der Waals surface area (Å²) in [5, 5.41) is 2.66. The maximum Gasteiger partial charge on any atom is 0.262 e. The monoisotopic (exact) mass is 390 g/mol. The highest BCUT2D eigenvalue weighted by Gasteiger charge is 2.22. The van der Waals surface area contributed by atoms with E-state index in [0.29, 0.717) is 11.4 Å². The van der Waals surface area contributed by atoms with Gasteiger partial charge in [0.15, 0.2) is 6.61 Å². The van der Waals surface area contributed by atoms with Crippen LogP contribution >= 0.6 is 0 Å². The highest BCUT2D eigenvalue weighted by molar-refractivity contribution is 7.89. The van der Waals surface area contributed by atoms with E-state index in [-0.39, 0.29) is 17.4 Å². The summed E-state index contributed by atoms with van der Waals surface area (Å²) in [7, 11) is -3.67. The number of rotatable bonds is 6. The van der Waals surface area contributed by atoms with E-state index < -0.39 is 15.6 Å². The third-order valence-corrected chi connectivity index (χ3v) is 5.31. The summed E-state index contributed by atoms with van der Waals surface area (Å²) < 4.78 is 33.0. The molecule has 7 heteroatoms. The van der Waals surface area contributed by atoms with Gasteiger partial charge in [0.2, 0.25) is 10.0 Å². The number of carbonyl (C=O) groups is 1. The number of ether oxygens (including phenoxy) is 1. The van der Waals surface area contributed by atoms with E-state index in [1.54, 1.807) is 32.9 Å². The molecule has 0 unspecified atom stereocenters. The number of carbonyl (C=O) groups excluding carboxylic acids is 1. The van der Waals surface area contributed by atoms with Crippen LogP contribution in [0.4, 0.5) is 5.69 Å². The van der Waals surface area contributed by atoms with Crippen LogP contribution in [0.1, 0.15) is 31.9 Å². The number of benzene rings is 2. The van der Waals surface area contributed by atoms with E-state index >= 15 is 0 Å². The Bertz CT molecular complexity index is 931.